The Bertz CT molecular complexity index is 484. The summed E-state index contributed by atoms with van der Waals surface area (Å²) in [7, 11) is 1.64. The third-order valence-electron chi connectivity index (χ3n) is 4.79. The highest BCUT2D eigenvalue weighted by molar-refractivity contribution is 5.83. The van der Waals surface area contributed by atoms with Crippen LogP contribution < -0.4 is 15.8 Å². The summed E-state index contributed by atoms with van der Waals surface area (Å²) >= 11 is 0. The lowest BCUT2D eigenvalue weighted by atomic mass is 9.83. The van der Waals surface area contributed by atoms with E-state index >= 15 is 0 Å². The van der Waals surface area contributed by atoms with E-state index in [9.17, 15) is 4.79 Å². The molecule has 2 atom stereocenters. The Labute approximate surface area is 133 Å². The van der Waals surface area contributed by atoms with Crippen molar-refractivity contribution in [1.29, 1.82) is 0 Å². The second kappa shape index (κ2) is 8.18. The van der Waals surface area contributed by atoms with Crippen LogP contribution in [0.2, 0.25) is 0 Å². The highest BCUT2D eigenvalue weighted by Crippen LogP contribution is 2.27. The first-order valence-electron chi connectivity index (χ1n) is 8.30. The monoisotopic (exact) mass is 304 g/mol. The van der Waals surface area contributed by atoms with Crippen molar-refractivity contribution in [3.63, 3.8) is 0 Å². The molecule has 3 N–H and O–H groups in total. The third kappa shape index (κ3) is 4.23. The topological polar surface area (TPSA) is 64.3 Å². The fourth-order valence-corrected chi connectivity index (χ4v) is 3.28. The molecule has 1 amide bonds. The molecule has 1 fully saturated rings. The highest BCUT2D eigenvalue weighted by Gasteiger charge is 2.26. The first kappa shape index (κ1) is 16.8. The standard InChI is InChI=1S/C18H28N2O2/c1-13(15-9-6-10-16(11-15)22-2)18(21)20-17(12-19)14-7-4-3-5-8-14/h6,9-11,13-14,17H,3-5,7-8,12,19H2,1-2H3,(H,20,21). The molecule has 2 unspecified atom stereocenters. The van der Waals surface area contributed by atoms with Crippen molar-refractivity contribution in [1.82, 2.24) is 5.32 Å². The van der Waals surface area contributed by atoms with Gasteiger partial charge < -0.3 is 15.8 Å². The van der Waals surface area contributed by atoms with E-state index in [0.29, 0.717) is 12.5 Å². The minimum atomic E-state index is -0.201. The fraction of sp³-hybridized carbons (Fsp3) is 0.611. The number of amides is 1. The zero-order valence-electron chi connectivity index (χ0n) is 13.7. The van der Waals surface area contributed by atoms with Crippen LogP contribution in [0.15, 0.2) is 24.3 Å². The quantitative estimate of drug-likeness (QED) is 0.849. The minimum Gasteiger partial charge on any atom is -0.497 e. The van der Waals surface area contributed by atoms with Gasteiger partial charge in [-0.2, -0.15) is 0 Å². The van der Waals surface area contributed by atoms with Crippen molar-refractivity contribution in [2.24, 2.45) is 11.7 Å². The van der Waals surface area contributed by atoms with E-state index in [2.05, 4.69) is 5.32 Å². The molecule has 1 aliphatic carbocycles. The Kier molecular flexibility index (Phi) is 6.25. The molecule has 2 rings (SSSR count). The number of benzene rings is 1. The largest absolute Gasteiger partial charge is 0.497 e. The number of rotatable bonds is 6. The van der Waals surface area contributed by atoms with Crippen LogP contribution in [0.4, 0.5) is 0 Å². The van der Waals surface area contributed by atoms with Crippen molar-refractivity contribution in [2.45, 2.75) is 51.0 Å². The summed E-state index contributed by atoms with van der Waals surface area (Å²) in [6.45, 7) is 2.44. The number of ether oxygens (including phenoxy) is 1. The molecule has 22 heavy (non-hydrogen) atoms. The number of hydrogen-bond donors (Lipinski definition) is 2. The third-order valence-corrected chi connectivity index (χ3v) is 4.79. The van der Waals surface area contributed by atoms with Gasteiger partial charge in [-0.25, -0.2) is 0 Å². The molecule has 1 aromatic carbocycles. The summed E-state index contributed by atoms with van der Waals surface area (Å²) in [5.74, 6) is 1.15. The molecule has 1 saturated carbocycles. The molecule has 0 heterocycles. The van der Waals surface area contributed by atoms with Gasteiger partial charge >= 0.3 is 0 Å². The predicted octanol–water partition coefficient (Wildman–Crippen LogP) is 2.82. The molecule has 0 radical (unpaired) electrons. The lowest BCUT2D eigenvalue weighted by Gasteiger charge is -2.31. The molecule has 4 nitrogen and oxygen atoms in total. The van der Waals surface area contributed by atoms with Gasteiger partial charge in [0.05, 0.1) is 13.0 Å². The number of nitrogens with one attached hydrogen (secondary N) is 1. The molecule has 0 aromatic heterocycles. The van der Waals surface area contributed by atoms with Crippen molar-refractivity contribution < 1.29 is 9.53 Å². The zero-order valence-corrected chi connectivity index (χ0v) is 13.7. The van der Waals surface area contributed by atoms with Crippen molar-refractivity contribution in [2.75, 3.05) is 13.7 Å². The molecular formula is C18H28N2O2. The summed E-state index contributed by atoms with van der Waals surface area (Å²) in [4.78, 5) is 12.5. The Morgan fingerprint density at radius 2 is 2.09 bits per heavy atom. The second-order valence-electron chi connectivity index (χ2n) is 6.25. The summed E-state index contributed by atoms with van der Waals surface area (Å²) in [6.07, 6.45) is 6.16. The summed E-state index contributed by atoms with van der Waals surface area (Å²) < 4.78 is 5.23. The van der Waals surface area contributed by atoms with E-state index < -0.39 is 0 Å². The lowest BCUT2D eigenvalue weighted by molar-refractivity contribution is -0.123. The molecule has 1 aromatic rings. The average molecular weight is 304 g/mol. The van der Waals surface area contributed by atoms with Gasteiger partial charge in [-0.1, -0.05) is 31.4 Å². The van der Waals surface area contributed by atoms with E-state index in [-0.39, 0.29) is 17.9 Å². The van der Waals surface area contributed by atoms with Crippen LogP contribution in [-0.4, -0.2) is 25.6 Å². The van der Waals surface area contributed by atoms with Gasteiger partial charge in [0, 0.05) is 12.6 Å². The van der Waals surface area contributed by atoms with Crippen LogP contribution in [0.5, 0.6) is 5.75 Å². The number of carbonyl (C=O) groups is 1. The average Bonchev–Trinajstić information content (AvgIpc) is 2.59. The van der Waals surface area contributed by atoms with Gasteiger partial charge in [0.1, 0.15) is 5.75 Å². The summed E-state index contributed by atoms with van der Waals surface area (Å²) in [5, 5.41) is 3.17. The fourth-order valence-electron chi connectivity index (χ4n) is 3.28. The molecule has 0 saturated heterocycles. The maximum Gasteiger partial charge on any atom is 0.227 e. The van der Waals surface area contributed by atoms with E-state index in [1.54, 1.807) is 7.11 Å². The SMILES string of the molecule is COc1cccc(C(C)C(=O)NC(CN)C2CCCCC2)c1. The van der Waals surface area contributed by atoms with Gasteiger partial charge in [-0.05, 0) is 43.4 Å². The van der Waals surface area contributed by atoms with E-state index in [1.165, 1.54) is 32.1 Å². The molecule has 0 spiro atoms. The van der Waals surface area contributed by atoms with Crippen LogP contribution in [0.1, 0.15) is 50.5 Å². The Balaban J connectivity index is 1.99. The van der Waals surface area contributed by atoms with Crippen molar-refractivity contribution >= 4 is 5.91 Å². The molecule has 4 heteroatoms. The molecule has 1 aliphatic rings. The van der Waals surface area contributed by atoms with Gasteiger partial charge in [0.25, 0.3) is 0 Å². The number of carbonyl (C=O) groups excluding carboxylic acids is 1. The first-order chi connectivity index (χ1) is 10.7. The Morgan fingerprint density at radius 1 is 1.36 bits per heavy atom. The smallest absolute Gasteiger partial charge is 0.227 e. The number of nitrogens with two attached hydrogens (primary N) is 1. The van der Waals surface area contributed by atoms with E-state index in [0.717, 1.165) is 11.3 Å². The summed E-state index contributed by atoms with van der Waals surface area (Å²) in [5.41, 5.74) is 6.87. The maximum atomic E-state index is 12.5. The van der Waals surface area contributed by atoms with E-state index in [1.807, 2.05) is 31.2 Å². The minimum absolute atomic E-state index is 0.0503. The zero-order chi connectivity index (χ0) is 15.9. The van der Waals surface area contributed by atoms with Crippen LogP contribution in [0, 0.1) is 5.92 Å². The predicted molar refractivity (Wildman–Crippen MR) is 89.0 cm³/mol. The maximum absolute atomic E-state index is 12.5. The second-order valence-corrected chi connectivity index (χ2v) is 6.25. The van der Waals surface area contributed by atoms with Gasteiger partial charge in [-0.3, -0.25) is 4.79 Å². The number of hydrogen-bond acceptors (Lipinski definition) is 3. The Hall–Kier alpha value is -1.55. The van der Waals surface area contributed by atoms with Gasteiger partial charge in [-0.15, -0.1) is 0 Å². The Morgan fingerprint density at radius 3 is 2.73 bits per heavy atom. The molecule has 122 valence electrons. The highest BCUT2D eigenvalue weighted by atomic mass is 16.5. The van der Waals surface area contributed by atoms with E-state index in [4.69, 9.17) is 10.5 Å². The number of methoxy groups -OCH3 is 1. The van der Waals surface area contributed by atoms with Gasteiger partial charge in [0.2, 0.25) is 5.91 Å². The van der Waals surface area contributed by atoms with Crippen molar-refractivity contribution in [3.05, 3.63) is 29.8 Å². The molecule has 0 bridgehead atoms. The van der Waals surface area contributed by atoms with Crippen LogP contribution in [-0.2, 0) is 4.79 Å². The molecular weight excluding hydrogens is 276 g/mol. The van der Waals surface area contributed by atoms with Crippen LogP contribution >= 0.6 is 0 Å². The molecule has 0 aliphatic heterocycles. The lowest BCUT2D eigenvalue weighted by Crippen LogP contribution is -2.47. The van der Waals surface area contributed by atoms with Gasteiger partial charge in [0.15, 0.2) is 0 Å². The normalized spacial score (nSPS) is 18.5. The summed E-state index contributed by atoms with van der Waals surface area (Å²) in [6, 6.07) is 7.78. The van der Waals surface area contributed by atoms with Crippen molar-refractivity contribution in [3.8, 4) is 5.75 Å². The van der Waals surface area contributed by atoms with Crippen LogP contribution in [0.3, 0.4) is 0 Å². The van der Waals surface area contributed by atoms with Crippen LogP contribution in [0.25, 0.3) is 0 Å². The first-order valence-corrected chi connectivity index (χ1v) is 8.30.